The summed E-state index contributed by atoms with van der Waals surface area (Å²) in [5.74, 6) is 0.407. The fourth-order valence-electron chi connectivity index (χ4n) is 1.42. The van der Waals surface area contributed by atoms with Crippen LogP contribution in [0.2, 0.25) is 10.0 Å². The molecule has 0 saturated carbocycles. The summed E-state index contributed by atoms with van der Waals surface area (Å²) in [7, 11) is 0. The Morgan fingerprint density at radius 3 is 2.55 bits per heavy atom. The van der Waals surface area contributed by atoms with Gasteiger partial charge in [0, 0.05) is 23.5 Å². The molecular formula is C13H7Cl5N2. The van der Waals surface area contributed by atoms with Crippen molar-refractivity contribution in [3.05, 3.63) is 57.7 Å². The van der Waals surface area contributed by atoms with Crippen LogP contribution in [0.5, 0.6) is 0 Å². The molecule has 0 unspecified atom stereocenters. The van der Waals surface area contributed by atoms with Crippen LogP contribution in [-0.2, 0) is 3.79 Å². The van der Waals surface area contributed by atoms with Crippen LogP contribution in [0, 0.1) is 0 Å². The number of aliphatic imine (C=N–C) groups is 1. The van der Waals surface area contributed by atoms with Gasteiger partial charge in [0.2, 0.25) is 3.79 Å². The molecule has 104 valence electrons. The van der Waals surface area contributed by atoms with Crippen LogP contribution in [-0.4, -0.2) is 11.2 Å². The van der Waals surface area contributed by atoms with E-state index in [4.69, 9.17) is 58.0 Å². The van der Waals surface area contributed by atoms with Crippen molar-refractivity contribution in [2.45, 2.75) is 3.79 Å². The first-order chi connectivity index (χ1) is 9.38. The van der Waals surface area contributed by atoms with Crippen molar-refractivity contribution in [2.75, 3.05) is 0 Å². The van der Waals surface area contributed by atoms with Crippen LogP contribution in [0.1, 0.15) is 11.1 Å². The first kappa shape index (κ1) is 15.9. The maximum Gasteiger partial charge on any atom is 0.216 e. The van der Waals surface area contributed by atoms with Gasteiger partial charge < -0.3 is 0 Å². The van der Waals surface area contributed by atoms with Gasteiger partial charge in [0.05, 0.1) is 10.0 Å². The number of halogens is 5. The molecule has 1 aromatic carbocycles. The van der Waals surface area contributed by atoms with Crippen LogP contribution in [0.25, 0.3) is 0 Å². The maximum absolute atomic E-state index is 6.06. The quantitative estimate of drug-likeness (QED) is 0.474. The van der Waals surface area contributed by atoms with Crippen molar-refractivity contribution in [3.8, 4) is 0 Å². The first-order valence-electron chi connectivity index (χ1n) is 5.39. The van der Waals surface area contributed by atoms with Gasteiger partial charge in [0.15, 0.2) is 5.82 Å². The smallest absolute Gasteiger partial charge is 0.216 e. The number of hydrogen-bond acceptors (Lipinski definition) is 2. The summed E-state index contributed by atoms with van der Waals surface area (Å²) in [5, 5.41) is 0.883. The zero-order valence-electron chi connectivity index (χ0n) is 9.83. The van der Waals surface area contributed by atoms with Gasteiger partial charge >= 0.3 is 0 Å². The highest BCUT2D eigenvalue weighted by molar-refractivity contribution is 6.66. The number of rotatable bonds is 2. The zero-order chi connectivity index (χ0) is 14.8. The second-order valence-electron chi connectivity index (χ2n) is 3.80. The lowest BCUT2D eigenvalue weighted by Crippen LogP contribution is -1.99. The van der Waals surface area contributed by atoms with E-state index in [1.807, 2.05) is 0 Å². The minimum absolute atomic E-state index is 0.407. The molecule has 0 atom stereocenters. The molecule has 0 bridgehead atoms. The van der Waals surface area contributed by atoms with E-state index in [2.05, 4.69) is 9.98 Å². The molecule has 1 aromatic heterocycles. The van der Waals surface area contributed by atoms with E-state index in [-0.39, 0.29) is 0 Å². The van der Waals surface area contributed by atoms with Crippen molar-refractivity contribution in [3.63, 3.8) is 0 Å². The first-order valence-corrected chi connectivity index (χ1v) is 7.28. The van der Waals surface area contributed by atoms with Gasteiger partial charge in [-0.15, -0.1) is 0 Å². The fraction of sp³-hybridized carbons (Fsp3) is 0.0769. The average molecular weight is 368 g/mol. The topological polar surface area (TPSA) is 25.2 Å². The molecule has 20 heavy (non-hydrogen) atoms. The molecule has 0 spiro atoms. The number of nitrogens with zero attached hydrogens (tertiary/aromatic N) is 2. The minimum atomic E-state index is -1.51. The van der Waals surface area contributed by atoms with Gasteiger partial charge in [-0.1, -0.05) is 70.1 Å². The second kappa shape index (κ2) is 6.50. The van der Waals surface area contributed by atoms with Crippen molar-refractivity contribution >= 4 is 70.0 Å². The molecule has 0 saturated heterocycles. The molecule has 2 aromatic rings. The predicted octanol–water partition coefficient (Wildman–Crippen LogP) is 5.97. The highest BCUT2D eigenvalue weighted by Crippen LogP contribution is 2.38. The molecule has 0 aliphatic heterocycles. The van der Waals surface area contributed by atoms with E-state index >= 15 is 0 Å². The lowest BCUT2D eigenvalue weighted by Gasteiger charge is -2.10. The van der Waals surface area contributed by atoms with Crippen molar-refractivity contribution in [1.29, 1.82) is 0 Å². The van der Waals surface area contributed by atoms with Crippen LogP contribution in [0.15, 0.2) is 41.5 Å². The monoisotopic (exact) mass is 366 g/mol. The van der Waals surface area contributed by atoms with Gasteiger partial charge in [-0.2, -0.15) is 0 Å². The van der Waals surface area contributed by atoms with Gasteiger partial charge in [-0.25, -0.2) is 9.98 Å². The highest BCUT2D eigenvalue weighted by Gasteiger charge is 2.22. The van der Waals surface area contributed by atoms with E-state index in [0.717, 1.165) is 0 Å². The van der Waals surface area contributed by atoms with E-state index in [0.29, 0.717) is 27.0 Å². The molecule has 0 N–H and O–H groups in total. The van der Waals surface area contributed by atoms with Crippen LogP contribution in [0.3, 0.4) is 0 Å². The molecule has 2 rings (SSSR count). The maximum atomic E-state index is 6.06. The zero-order valence-corrected chi connectivity index (χ0v) is 13.6. The van der Waals surface area contributed by atoms with E-state index in [1.165, 1.54) is 6.20 Å². The van der Waals surface area contributed by atoms with Crippen LogP contribution < -0.4 is 0 Å². The lowest BCUT2D eigenvalue weighted by atomic mass is 10.2. The molecule has 1 heterocycles. The molecular weight excluding hydrogens is 361 g/mol. The minimum Gasteiger partial charge on any atom is -0.237 e. The molecule has 2 nitrogen and oxygen atoms in total. The summed E-state index contributed by atoms with van der Waals surface area (Å²) in [5.41, 5.74) is 1.17. The Morgan fingerprint density at radius 1 is 1.10 bits per heavy atom. The Kier molecular flexibility index (Phi) is 5.16. The number of pyridine rings is 1. The van der Waals surface area contributed by atoms with E-state index < -0.39 is 3.79 Å². The third-order valence-electron chi connectivity index (χ3n) is 2.39. The molecule has 0 radical (unpaired) electrons. The Morgan fingerprint density at radius 2 is 1.85 bits per heavy atom. The Hall–Kier alpha value is -0.510. The molecule has 0 aliphatic rings. The number of aromatic nitrogens is 1. The number of hydrogen-bond donors (Lipinski definition) is 0. The van der Waals surface area contributed by atoms with Crippen molar-refractivity contribution in [2.24, 2.45) is 4.99 Å². The third kappa shape index (κ3) is 4.00. The largest absolute Gasteiger partial charge is 0.237 e. The summed E-state index contributed by atoms with van der Waals surface area (Å²) in [6.07, 6.45) is 3.07. The Balaban J connectivity index is 2.30. The van der Waals surface area contributed by atoms with E-state index in [1.54, 1.807) is 36.5 Å². The molecule has 7 heteroatoms. The van der Waals surface area contributed by atoms with Crippen molar-refractivity contribution in [1.82, 2.24) is 4.98 Å². The van der Waals surface area contributed by atoms with Gasteiger partial charge in [-0.3, -0.25) is 0 Å². The standard InChI is InChI=1S/C13H7Cl5N2/c14-10-3-1-2-8(12(10)15)7-20-11-6-9(4-5-19-11)13(16,17)18/h1-7H/b20-7+. The van der Waals surface area contributed by atoms with E-state index in [9.17, 15) is 0 Å². The molecule has 0 aliphatic carbocycles. The fourth-order valence-corrected chi connectivity index (χ4v) is 2.13. The molecule has 0 amide bonds. The highest BCUT2D eigenvalue weighted by atomic mass is 35.6. The van der Waals surface area contributed by atoms with Gasteiger partial charge in [0.1, 0.15) is 0 Å². The molecule has 0 fully saturated rings. The lowest BCUT2D eigenvalue weighted by molar-refractivity contribution is 1.18. The average Bonchev–Trinajstić information content (AvgIpc) is 2.40. The summed E-state index contributed by atoms with van der Waals surface area (Å²) in [6, 6.07) is 8.46. The number of alkyl halides is 3. The Labute approximate surface area is 141 Å². The van der Waals surface area contributed by atoms with Gasteiger partial charge in [0.25, 0.3) is 0 Å². The Bertz CT molecular complexity index is 649. The summed E-state index contributed by atoms with van der Waals surface area (Å²) in [6.45, 7) is 0. The summed E-state index contributed by atoms with van der Waals surface area (Å²) < 4.78 is -1.51. The van der Waals surface area contributed by atoms with Crippen LogP contribution >= 0.6 is 58.0 Å². The number of benzene rings is 1. The third-order valence-corrected chi connectivity index (χ3v) is 3.88. The normalized spacial score (nSPS) is 12.1. The van der Waals surface area contributed by atoms with Crippen LogP contribution in [0.4, 0.5) is 5.82 Å². The van der Waals surface area contributed by atoms with Gasteiger partial charge in [-0.05, 0) is 18.2 Å². The second-order valence-corrected chi connectivity index (χ2v) is 6.87. The predicted molar refractivity (Wildman–Crippen MR) is 87.2 cm³/mol. The van der Waals surface area contributed by atoms with Crippen molar-refractivity contribution < 1.29 is 0 Å². The SMILES string of the molecule is Clc1cccc(/C=N/c2cc(C(Cl)(Cl)Cl)ccn2)c1Cl. The summed E-state index contributed by atoms with van der Waals surface area (Å²) in [4.78, 5) is 8.27. The summed E-state index contributed by atoms with van der Waals surface area (Å²) >= 11 is 29.4.